The van der Waals surface area contributed by atoms with Crippen molar-refractivity contribution in [1.29, 1.82) is 0 Å². The smallest absolute Gasteiger partial charge is 0.245 e. The highest BCUT2D eigenvalue weighted by Gasteiger charge is 2.36. The fourth-order valence-electron chi connectivity index (χ4n) is 2.34. The van der Waals surface area contributed by atoms with Gasteiger partial charge in [-0.2, -0.15) is 4.31 Å². The van der Waals surface area contributed by atoms with E-state index in [-0.39, 0.29) is 17.1 Å². The minimum atomic E-state index is -3.67. The fraction of sp³-hybridized carbons (Fsp3) is 0.417. The molecule has 1 saturated heterocycles. The van der Waals surface area contributed by atoms with E-state index in [1.165, 1.54) is 4.31 Å². The number of sulfonamides is 1. The van der Waals surface area contributed by atoms with Crippen LogP contribution in [-0.2, 0) is 14.8 Å². The van der Waals surface area contributed by atoms with Gasteiger partial charge in [0.05, 0.1) is 11.6 Å². The summed E-state index contributed by atoms with van der Waals surface area (Å²) in [5, 5.41) is 0. The Hall–Kier alpha value is -1.60. The fourth-order valence-corrected chi connectivity index (χ4v) is 4.16. The molecule has 1 heterocycles. The molecule has 0 saturated carbocycles. The van der Waals surface area contributed by atoms with E-state index in [1.807, 2.05) is 0 Å². The van der Waals surface area contributed by atoms with Crippen molar-refractivity contribution in [2.75, 3.05) is 18.8 Å². The number of anilines is 1. The van der Waals surface area contributed by atoms with Gasteiger partial charge in [0.1, 0.15) is 4.90 Å². The van der Waals surface area contributed by atoms with Crippen LogP contribution >= 0.6 is 0 Å². The van der Waals surface area contributed by atoms with Gasteiger partial charge in [0.2, 0.25) is 15.9 Å². The number of hydrogen-bond donors (Lipinski definition) is 2. The lowest BCUT2D eigenvalue weighted by atomic mass is 10.1. The normalized spacial score (nSPS) is 20.6. The van der Waals surface area contributed by atoms with E-state index in [9.17, 15) is 13.2 Å². The molecule has 2 rings (SSSR count). The second-order valence-electron chi connectivity index (χ2n) is 4.74. The van der Waals surface area contributed by atoms with Crippen LogP contribution in [0.2, 0.25) is 0 Å². The number of rotatable bonds is 3. The highest BCUT2D eigenvalue weighted by molar-refractivity contribution is 7.89. The lowest BCUT2D eigenvalue weighted by molar-refractivity contribution is -0.121. The highest BCUT2D eigenvalue weighted by atomic mass is 32.2. The molecule has 1 atom stereocenters. The minimum Gasteiger partial charge on any atom is -0.398 e. The van der Waals surface area contributed by atoms with Crippen LogP contribution in [0.25, 0.3) is 0 Å². The number of carbonyl (C=O) groups is 1. The van der Waals surface area contributed by atoms with Crippen molar-refractivity contribution in [2.24, 2.45) is 11.7 Å². The number of primary amides is 1. The first-order valence-electron chi connectivity index (χ1n) is 5.98. The third-order valence-electron chi connectivity index (χ3n) is 3.39. The summed E-state index contributed by atoms with van der Waals surface area (Å²) in [4.78, 5) is 11.2. The van der Waals surface area contributed by atoms with Gasteiger partial charge in [0.15, 0.2) is 0 Å². The van der Waals surface area contributed by atoms with E-state index < -0.39 is 21.8 Å². The molecule has 0 aliphatic carbocycles. The van der Waals surface area contributed by atoms with Crippen molar-refractivity contribution in [3.63, 3.8) is 0 Å². The Balaban J connectivity index is 2.37. The second kappa shape index (κ2) is 4.82. The van der Waals surface area contributed by atoms with Crippen molar-refractivity contribution in [2.45, 2.75) is 18.2 Å². The standard InChI is InChI=1S/C12H17N3O3S/c1-8-3-2-4-10(13)11(8)19(17,18)15-6-5-9(7-15)12(14)16/h2-4,9H,5-7,13H2,1H3,(H2,14,16). The molecular formula is C12H17N3O3S. The van der Waals surface area contributed by atoms with E-state index in [0.717, 1.165) is 0 Å². The van der Waals surface area contributed by atoms with Gasteiger partial charge in [0, 0.05) is 13.1 Å². The molecule has 0 aromatic heterocycles. The minimum absolute atomic E-state index is 0.125. The zero-order valence-corrected chi connectivity index (χ0v) is 11.5. The highest BCUT2D eigenvalue weighted by Crippen LogP contribution is 2.29. The SMILES string of the molecule is Cc1cccc(N)c1S(=O)(=O)N1CCC(C(N)=O)C1. The quantitative estimate of drug-likeness (QED) is 0.766. The molecule has 19 heavy (non-hydrogen) atoms. The van der Waals surface area contributed by atoms with Crippen LogP contribution in [0.5, 0.6) is 0 Å². The second-order valence-corrected chi connectivity index (χ2v) is 6.62. The molecule has 0 radical (unpaired) electrons. The van der Waals surface area contributed by atoms with E-state index in [1.54, 1.807) is 25.1 Å². The van der Waals surface area contributed by atoms with E-state index >= 15 is 0 Å². The number of nitrogen functional groups attached to an aromatic ring is 1. The molecule has 1 aliphatic heterocycles. The first-order valence-corrected chi connectivity index (χ1v) is 7.42. The largest absolute Gasteiger partial charge is 0.398 e. The number of nitrogens with zero attached hydrogens (tertiary/aromatic N) is 1. The zero-order chi connectivity index (χ0) is 14.2. The van der Waals surface area contributed by atoms with Crippen LogP contribution in [0.1, 0.15) is 12.0 Å². The summed E-state index contributed by atoms with van der Waals surface area (Å²) in [5.41, 5.74) is 11.8. The first-order chi connectivity index (χ1) is 8.84. The van der Waals surface area contributed by atoms with Crippen LogP contribution in [-0.4, -0.2) is 31.7 Å². The number of benzene rings is 1. The summed E-state index contributed by atoms with van der Waals surface area (Å²) in [7, 11) is -3.67. The van der Waals surface area contributed by atoms with Crippen molar-refractivity contribution in [3.8, 4) is 0 Å². The zero-order valence-electron chi connectivity index (χ0n) is 10.7. The number of amides is 1. The monoisotopic (exact) mass is 283 g/mol. The molecule has 1 amide bonds. The summed E-state index contributed by atoms with van der Waals surface area (Å²) < 4.78 is 26.4. The molecular weight excluding hydrogens is 266 g/mol. The predicted molar refractivity (Wildman–Crippen MR) is 71.7 cm³/mol. The summed E-state index contributed by atoms with van der Waals surface area (Å²) >= 11 is 0. The average molecular weight is 283 g/mol. The van der Waals surface area contributed by atoms with Crippen LogP contribution in [0.3, 0.4) is 0 Å². The molecule has 0 bridgehead atoms. The maximum Gasteiger partial charge on any atom is 0.245 e. The Labute approximate surface area is 112 Å². The Morgan fingerprint density at radius 3 is 2.63 bits per heavy atom. The maximum atomic E-state index is 12.5. The third kappa shape index (κ3) is 2.43. The first kappa shape index (κ1) is 13.8. The summed E-state index contributed by atoms with van der Waals surface area (Å²) in [6, 6.07) is 4.96. The van der Waals surface area contributed by atoms with Crippen molar-refractivity contribution in [1.82, 2.24) is 4.31 Å². The van der Waals surface area contributed by atoms with Gasteiger partial charge in [-0.25, -0.2) is 8.42 Å². The molecule has 1 aliphatic rings. The Morgan fingerprint density at radius 1 is 1.42 bits per heavy atom. The molecule has 104 valence electrons. The summed E-state index contributed by atoms with van der Waals surface area (Å²) in [6.45, 7) is 2.13. The number of aryl methyl sites for hydroxylation is 1. The molecule has 6 nitrogen and oxygen atoms in total. The maximum absolute atomic E-state index is 12.5. The van der Waals surface area contributed by atoms with Crippen LogP contribution < -0.4 is 11.5 Å². The van der Waals surface area contributed by atoms with Crippen LogP contribution in [0.4, 0.5) is 5.69 Å². The topological polar surface area (TPSA) is 106 Å². The Kier molecular flexibility index (Phi) is 3.51. The Bertz CT molecular complexity index is 592. The number of hydrogen-bond acceptors (Lipinski definition) is 4. The molecule has 1 aromatic carbocycles. The van der Waals surface area contributed by atoms with Gasteiger partial charge < -0.3 is 11.5 Å². The lowest BCUT2D eigenvalue weighted by Gasteiger charge is -2.18. The number of nitrogens with two attached hydrogens (primary N) is 2. The van der Waals surface area contributed by atoms with Gasteiger partial charge >= 0.3 is 0 Å². The molecule has 1 aromatic rings. The molecule has 0 spiro atoms. The molecule has 1 fully saturated rings. The lowest BCUT2D eigenvalue weighted by Crippen LogP contribution is -2.32. The summed E-state index contributed by atoms with van der Waals surface area (Å²) in [5.74, 6) is -0.879. The van der Waals surface area contributed by atoms with Gasteiger partial charge in [-0.3, -0.25) is 4.79 Å². The predicted octanol–water partition coefficient (Wildman–Crippen LogP) is 0.0731. The van der Waals surface area contributed by atoms with Crippen LogP contribution in [0, 0.1) is 12.8 Å². The van der Waals surface area contributed by atoms with E-state index in [4.69, 9.17) is 11.5 Å². The van der Waals surface area contributed by atoms with Crippen molar-refractivity contribution < 1.29 is 13.2 Å². The Morgan fingerprint density at radius 2 is 2.11 bits per heavy atom. The molecule has 1 unspecified atom stereocenters. The molecule has 4 N–H and O–H groups in total. The van der Waals surface area contributed by atoms with E-state index in [2.05, 4.69) is 0 Å². The molecule has 7 heteroatoms. The van der Waals surface area contributed by atoms with Gasteiger partial charge in [-0.1, -0.05) is 12.1 Å². The average Bonchev–Trinajstić information content (AvgIpc) is 2.78. The van der Waals surface area contributed by atoms with Crippen LogP contribution in [0.15, 0.2) is 23.1 Å². The third-order valence-corrected chi connectivity index (χ3v) is 5.48. The van der Waals surface area contributed by atoms with Crippen molar-refractivity contribution >= 4 is 21.6 Å². The number of carbonyl (C=O) groups excluding carboxylic acids is 1. The van der Waals surface area contributed by atoms with Crippen molar-refractivity contribution in [3.05, 3.63) is 23.8 Å². The van der Waals surface area contributed by atoms with Gasteiger partial charge in [-0.05, 0) is 25.0 Å². The van der Waals surface area contributed by atoms with Gasteiger partial charge in [0.25, 0.3) is 0 Å². The summed E-state index contributed by atoms with van der Waals surface area (Å²) in [6.07, 6.45) is 0.459. The van der Waals surface area contributed by atoms with Gasteiger partial charge in [-0.15, -0.1) is 0 Å². The van der Waals surface area contributed by atoms with E-state index in [0.29, 0.717) is 18.5 Å².